The number of unbranched alkanes of at least 4 members (excludes halogenated alkanes) is 13. The molecule has 0 saturated heterocycles. The minimum Gasteiger partial charge on any atom is -0.427 e. The number of rotatable bonds is 20. The molecule has 6 nitrogen and oxygen atoms in total. The van der Waals surface area contributed by atoms with Gasteiger partial charge in [-0.3, -0.25) is 9.59 Å². The predicted molar refractivity (Wildman–Crippen MR) is 149 cm³/mol. The number of carbonyl (C=O) groups is 2. The highest BCUT2D eigenvalue weighted by Gasteiger charge is 2.09. The summed E-state index contributed by atoms with van der Waals surface area (Å²) >= 11 is 0. The summed E-state index contributed by atoms with van der Waals surface area (Å²) in [7, 11) is 0. The van der Waals surface area contributed by atoms with Crippen LogP contribution >= 0.6 is 0 Å². The quantitative estimate of drug-likeness (QED) is 0.101. The first-order chi connectivity index (χ1) is 18.1. The Bertz CT molecular complexity index is 881. The first kappa shape index (κ1) is 30.5. The number of hydrogen-bond acceptors (Lipinski definition) is 6. The van der Waals surface area contributed by atoms with Gasteiger partial charge in [-0.25, -0.2) is 9.97 Å². The van der Waals surface area contributed by atoms with Crippen LogP contribution in [0.4, 0.5) is 0 Å². The molecule has 37 heavy (non-hydrogen) atoms. The maximum absolute atomic E-state index is 12.2. The molecule has 1 aromatic heterocycles. The molecule has 204 valence electrons. The van der Waals surface area contributed by atoms with Crippen molar-refractivity contribution in [3.63, 3.8) is 0 Å². The molecule has 0 saturated carbocycles. The SMILES string of the molecule is CCCCCCCCCCCCC(=O)Oc1ccc(-c2ncc(OC(=O)CCCCCCC)cn2)cc1. The molecule has 6 heteroatoms. The molecular formula is C31H46N2O4. The Labute approximate surface area is 223 Å². The van der Waals surface area contributed by atoms with Gasteiger partial charge in [0.1, 0.15) is 5.75 Å². The zero-order valence-corrected chi connectivity index (χ0v) is 23.0. The Morgan fingerprint density at radius 3 is 1.43 bits per heavy atom. The van der Waals surface area contributed by atoms with Crippen molar-refractivity contribution in [3.8, 4) is 22.9 Å². The first-order valence-corrected chi connectivity index (χ1v) is 14.5. The average Bonchev–Trinajstić information content (AvgIpc) is 2.90. The van der Waals surface area contributed by atoms with E-state index in [1.807, 2.05) is 12.1 Å². The zero-order chi connectivity index (χ0) is 26.6. The summed E-state index contributed by atoms with van der Waals surface area (Å²) in [6.07, 6.45) is 21.7. The van der Waals surface area contributed by atoms with Crippen molar-refractivity contribution in [1.82, 2.24) is 9.97 Å². The topological polar surface area (TPSA) is 78.4 Å². The van der Waals surface area contributed by atoms with Crippen molar-refractivity contribution in [3.05, 3.63) is 36.7 Å². The first-order valence-electron chi connectivity index (χ1n) is 14.5. The molecule has 0 unspecified atom stereocenters. The minimum atomic E-state index is -0.253. The fourth-order valence-electron chi connectivity index (χ4n) is 4.18. The maximum atomic E-state index is 12.2. The van der Waals surface area contributed by atoms with E-state index in [2.05, 4.69) is 23.8 Å². The molecule has 2 rings (SSSR count). The molecule has 0 bridgehead atoms. The van der Waals surface area contributed by atoms with Gasteiger partial charge < -0.3 is 9.47 Å². The van der Waals surface area contributed by atoms with Crippen LogP contribution < -0.4 is 9.47 Å². The highest BCUT2D eigenvalue weighted by atomic mass is 16.5. The van der Waals surface area contributed by atoms with Crippen molar-refractivity contribution in [2.75, 3.05) is 0 Å². The van der Waals surface area contributed by atoms with Gasteiger partial charge in [0.25, 0.3) is 0 Å². The molecule has 2 aromatic rings. The van der Waals surface area contributed by atoms with Crippen LogP contribution in [-0.2, 0) is 9.59 Å². The summed E-state index contributed by atoms with van der Waals surface area (Å²) in [5.41, 5.74) is 0.795. The molecule has 1 aromatic carbocycles. The molecule has 0 N–H and O–H groups in total. The highest BCUT2D eigenvalue weighted by Crippen LogP contribution is 2.21. The molecular weight excluding hydrogens is 464 g/mol. The number of hydrogen-bond donors (Lipinski definition) is 0. The summed E-state index contributed by atoms with van der Waals surface area (Å²) in [6.45, 7) is 4.41. The van der Waals surface area contributed by atoms with E-state index >= 15 is 0 Å². The molecule has 0 radical (unpaired) electrons. The third-order valence-electron chi connectivity index (χ3n) is 6.42. The van der Waals surface area contributed by atoms with Crippen LogP contribution in [0.1, 0.15) is 123 Å². The molecule has 0 spiro atoms. The van der Waals surface area contributed by atoms with E-state index in [0.717, 1.165) is 37.7 Å². The fraction of sp³-hybridized carbons (Fsp3) is 0.613. The Kier molecular flexibility index (Phi) is 15.9. The van der Waals surface area contributed by atoms with Gasteiger partial charge in [-0.1, -0.05) is 97.3 Å². The molecule has 0 aliphatic carbocycles. The van der Waals surface area contributed by atoms with Crippen LogP contribution in [0.5, 0.6) is 11.5 Å². The van der Waals surface area contributed by atoms with Gasteiger partial charge in [-0.05, 0) is 37.1 Å². The number of esters is 2. The molecule has 0 amide bonds. The fourth-order valence-corrected chi connectivity index (χ4v) is 4.18. The zero-order valence-electron chi connectivity index (χ0n) is 23.0. The lowest BCUT2D eigenvalue weighted by molar-refractivity contribution is -0.135. The van der Waals surface area contributed by atoms with E-state index in [-0.39, 0.29) is 11.9 Å². The Hall–Kier alpha value is -2.76. The summed E-state index contributed by atoms with van der Waals surface area (Å²) in [5.74, 6) is 0.935. The molecule has 0 atom stereocenters. The largest absolute Gasteiger partial charge is 0.427 e. The third kappa shape index (κ3) is 13.9. The van der Waals surface area contributed by atoms with Crippen LogP contribution in [0, 0.1) is 0 Å². The number of nitrogens with zero attached hydrogens (tertiary/aromatic N) is 2. The van der Waals surface area contributed by atoms with Gasteiger partial charge in [-0.15, -0.1) is 0 Å². The number of benzene rings is 1. The molecule has 1 heterocycles. The summed E-state index contributed by atoms with van der Waals surface area (Å²) in [4.78, 5) is 32.7. The summed E-state index contributed by atoms with van der Waals surface area (Å²) in [5, 5.41) is 0. The van der Waals surface area contributed by atoms with E-state index in [4.69, 9.17) is 9.47 Å². The lowest BCUT2D eigenvalue weighted by Gasteiger charge is -2.07. The lowest BCUT2D eigenvalue weighted by Crippen LogP contribution is -2.08. The van der Waals surface area contributed by atoms with Crippen molar-refractivity contribution in [1.29, 1.82) is 0 Å². The second kappa shape index (κ2) is 19.4. The summed E-state index contributed by atoms with van der Waals surface area (Å²) in [6, 6.07) is 7.14. The van der Waals surface area contributed by atoms with Crippen molar-refractivity contribution < 1.29 is 19.1 Å². The van der Waals surface area contributed by atoms with Gasteiger partial charge in [-0.2, -0.15) is 0 Å². The van der Waals surface area contributed by atoms with Gasteiger partial charge >= 0.3 is 11.9 Å². The van der Waals surface area contributed by atoms with E-state index in [9.17, 15) is 9.59 Å². The average molecular weight is 511 g/mol. The van der Waals surface area contributed by atoms with Gasteiger partial charge in [0.05, 0.1) is 12.4 Å². The van der Waals surface area contributed by atoms with Crippen LogP contribution in [0.15, 0.2) is 36.7 Å². The number of carbonyl (C=O) groups excluding carboxylic acids is 2. The van der Waals surface area contributed by atoms with Crippen LogP contribution in [-0.4, -0.2) is 21.9 Å². The van der Waals surface area contributed by atoms with E-state index < -0.39 is 0 Å². The van der Waals surface area contributed by atoms with E-state index in [0.29, 0.717) is 30.2 Å². The molecule has 0 fully saturated rings. The third-order valence-corrected chi connectivity index (χ3v) is 6.42. The van der Waals surface area contributed by atoms with Crippen molar-refractivity contribution >= 4 is 11.9 Å². The van der Waals surface area contributed by atoms with Crippen LogP contribution in [0.3, 0.4) is 0 Å². The number of aromatic nitrogens is 2. The smallest absolute Gasteiger partial charge is 0.311 e. The Morgan fingerprint density at radius 1 is 0.568 bits per heavy atom. The highest BCUT2D eigenvalue weighted by molar-refractivity contribution is 5.73. The standard InChI is InChI=1S/C31H46N2O4/c1-3-5-7-9-10-11-12-13-15-17-18-29(34)36-27-22-20-26(21-23-27)31-32-24-28(25-33-31)37-30(35)19-16-14-8-6-4-2/h20-25H,3-19H2,1-2H3. The Morgan fingerprint density at radius 2 is 0.973 bits per heavy atom. The number of ether oxygens (including phenoxy) is 2. The Balaban J connectivity index is 1.63. The van der Waals surface area contributed by atoms with E-state index in [1.165, 1.54) is 76.6 Å². The minimum absolute atomic E-state index is 0.194. The van der Waals surface area contributed by atoms with Crippen LogP contribution in [0.2, 0.25) is 0 Å². The second-order valence-corrected chi connectivity index (χ2v) is 9.81. The molecule has 0 aliphatic heterocycles. The van der Waals surface area contributed by atoms with Gasteiger partial charge in [0, 0.05) is 18.4 Å². The molecule has 0 aliphatic rings. The van der Waals surface area contributed by atoms with E-state index in [1.54, 1.807) is 12.1 Å². The predicted octanol–water partition coefficient (Wildman–Crippen LogP) is 8.63. The van der Waals surface area contributed by atoms with Gasteiger partial charge in [0.15, 0.2) is 11.6 Å². The summed E-state index contributed by atoms with van der Waals surface area (Å²) < 4.78 is 10.8. The van der Waals surface area contributed by atoms with Crippen molar-refractivity contribution in [2.45, 2.75) is 123 Å². The lowest BCUT2D eigenvalue weighted by atomic mass is 10.1. The van der Waals surface area contributed by atoms with Gasteiger partial charge in [0.2, 0.25) is 0 Å². The second-order valence-electron chi connectivity index (χ2n) is 9.81. The van der Waals surface area contributed by atoms with Crippen molar-refractivity contribution in [2.24, 2.45) is 0 Å². The maximum Gasteiger partial charge on any atom is 0.311 e. The monoisotopic (exact) mass is 510 g/mol. The van der Waals surface area contributed by atoms with Crippen LogP contribution in [0.25, 0.3) is 11.4 Å². The normalized spacial score (nSPS) is 10.9.